The molecule has 0 bridgehead atoms. The monoisotopic (exact) mass is 372 g/mol. The Morgan fingerprint density at radius 2 is 1.62 bits per heavy atom. The molecule has 0 radical (unpaired) electrons. The zero-order valence-corrected chi connectivity index (χ0v) is 15.8. The van der Waals surface area contributed by atoms with Crippen LogP contribution in [0.1, 0.15) is 35.7 Å². The lowest BCUT2D eigenvalue weighted by Crippen LogP contribution is -2.30. The van der Waals surface area contributed by atoms with Gasteiger partial charge in [-0.15, -0.1) is 0 Å². The van der Waals surface area contributed by atoms with Gasteiger partial charge < -0.3 is 4.90 Å². The summed E-state index contributed by atoms with van der Waals surface area (Å²) in [6.45, 7) is 4.20. The van der Waals surface area contributed by atoms with Gasteiger partial charge in [-0.3, -0.25) is 4.79 Å². The maximum absolute atomic E-state index is 12.8. The fourth-order valence-corrected chi connectivity index (χ4v) is 4.68. The highest BCUT2D eigenvalue weighted by Gasteiger charge is 2.27. The van der Waals surface area contributed by atoms with E-state index < -0.39 is 10.0 Å². The number of carbonyl (C=O) groups is 1. The van der Waals surface area contributed by atoms with E-state index in [0.29, 0.717) is 31.7 Å². The summed E-state index contributed by atoms with van der Waals surface area (Å²) in [5, 5.41) is 0. The van der Waals surface area contributed by atoms with Gasteiger partial charge in [-0.05, 0) is 49.6 Å². The van der Waals surface area contributed by atoms with Gasteiger partial charge >= 0.3 is 0 Å². The summed E-state index contributed by atoms with van der Waals surface area (Å²) >= 11 is 0. The van der Waals surface area contributed by atoms with E-state index in [-0.39, 0.29) is 10.8 Å². The molecule has 5 nitrogen and oxygen atoms in total. The summed E-state index contributed by atoms with van der Waals surface area (Å²) in [4.78, 5) is 14.8. The van der Waals surface area contributed by atoms with Crippen LogP contribution in [-0.4, -0.2) is 43.2 Å². The minimum atomic E-state index is -3.45. The van der Waals surface area contributed by atoms with Gasteiger partial charge in [-0.25, -0.2) is 8.42 Å². The predicted molar refractivity (Wildman–Crippen MR) is 101 cm³/mol. The SMILES string of the molecule is CCN(Cc1ccccc1)C(=O)c1ccc(S(=O)(=O)N2CCCC2)cc1. The average Bonchev–Trinajstić information content (AvgIpc) is 3.22. The fourth-order valence-electron chi connectivity index (χ4n) is 3.16. The molecule has 26 heavy (non-hydrogen) atoms. The lowest BCUT2D eigenvalue weighted by molar-refractivity contribution is 0.0752. The highest BCUT2D eigenvalue weighted by Crippen LogP contribution is 2.21. The number of rotatable bonds is 6. The second-order valence-corrected chi connectivity index (χ2v) is 8.38. The van der Waals surface area contributed by atoms with Crippen molar-refractivity contribution in [1.29, 1.82) is 0 Å². The van der Waals surface area contributed by atoms with Crippen LogP contribution in [0.25, 0.3) is 0 Å². The Bertz CT molecular complexity index is 842. The van der Waals surface area contributed by atoms with Gasteiger partial charge in [0.25, 0.3) is 5.91 Å². The van der Waals surface area contributed by atoms with Crippen molar-refractivity contribution in [1.82, 2.24) is 9.21 Å². The van der Waals surface area contributed by atoms with Gasteiger partial charge in [0.2, 0.25) is 10.0 Å². The van der Waals surface area contributed by atoms with Crippen molar-refractivity contribution in [3.63, 3.8) is 0 Å². The number of sulfonamides is 1. The summed E-state index contributed by atoms with van der Waals surface area (Å²) < 4.78 is 26.7. The van der Waals surface area contributed by atoms with Crippen molar-refractivity contribution in [3.8, 4) is 0 Å². The standard InChI is InChI=1S/C20H24N2O3S/c1-2-21(16-17-8-4-3-5-9-17)20(23)18-10-12-19(13-11-18)26(24,25)22-14-6-7-15-22/h3-5,8-13H,2,6-7,14-16H2,1H3. The van der Waals surface area contributed by atoms with E-state index in [9.17, 15) is 13.2 Å². The summed E-state index contributed by atoms with van der Waals surface area (Å²) in [6.07, 6.45) is 1.81. The van der Waals surface area contributed by atoms with E-state index in [2.05, 4.69) is 0 Å². The van der Waals surface area contributed by atoms with Gasteiger partial charge in [-0.2, -0.15) is 4.31 Å². The van der Waals surface area contributed by atoms with Crippen LogP contribution in [0.15, 0.2) is 59.5 Å². The van der Waals surface area contributed by atoms with E-state index in [1.807, 2.05) is 37.3 Å². The highest BCUT2D eigenvalue weighted by molar-refractivity contribution is 7.89. The lowest BCUT2D eigenvalue weighted by atomic mass is 10.1. The maximum atomic E-state index is 12.8. The van der Waals surface area contributed by atoms with Crippen LogP contribution in [0.3, 0.4) is 0 Å². The summed E-state index contributed by atoms with van der Waals surface area (Å²) in [7, 11) is -3.45. The van der Waals surface area contributed by atoms with Crippen LogP contribution < -0.4 is 0 Å². The quantitative estimate of drug-likeness (QED) is 0.783. The Labute approximate surface area is 155 Å². The first-order valence-electron chi connectivity index (χ1n) is 8.96. The molecule has 0 unspecified atom stereocenters. The van der Waals surface area contributed by atoms with Crippen molar-refractivity contribution in [3.05, 3.63) is 65.7 Å². The molecule has 0 N–H and O–H groups in total. The molecule has 0 saturated carbocycles. The van der Waals surface area contributed by atoms with Crippen molar-refractivity contribution in [2.24, 2.45) is 0 Å². The number of hydrogen-bond donors (Lipinski definition) is 0. The Balaban J connectivity index is 1.75. The maximum Gasteiger partial charge on any atom is 0.254 e. The molecule has 0 spiro atoms. The van der Waals surface area contributed by atoms with Crippen LogP contribution in [0.5, 0.6) is 0 Å². The molecule has 1 saturated heterocycles. The van der Waals surface area contributed by atoms with Gasteiger partial charge in [0, 0.05) is 31.7 Å². The van der Waals surface area contributed by atoms with E-state index in [1.165, 1.54) is 16.4 Å². The van der Waals surface area contributed by atoms with E-state index >= 15 is 0 Å². The second kappa shape index (κ2) is 8.01. The number of amides is 1. The molecule has 1 aliphatic heterocycles. The molecule has 0 aromatic heterocycles. The van der Waals surface area contributed by atoms with Crippen molar-refractivity contribution >= 4 is 15.9 Å². The van der Waals surface area contributed by atoms with Gasteiger partial charge in [0.1, 0.15) is 0 Å². The zero-order valence-electron chi connectivity index (χ0n) is 15.0. The molecule has 1 aliphatic rings. The highest BCUT2D eigenvalue weighted by atomic mass is 32.2. The molecule has 6 heteroatoms. The van der Waals surface area contributed by atoms with E-state index in [1.54, 1.807) is 17.0 Å². The van der Waals surface area contributed by atoms with Crippen molar-refractivity contribution in [2.75, 3.05) is 19.6 Å². The van der Waals surface area contributed by atoms with Gasteiger partial charge in [0.15, 0.2) is 0 Å². The molecule has 1 fully saturated rings. The van der Waals surface area contributed by atoms with Crippen molar-refractivity contribution < 1.29 is 13.2 Å². The molecule has 138 valence electrons. The van der Waals surface area contributed by atoms with E-state index in [0.717, 1.165) is 18.4 Å². The molecule has 3 rings (SSSR count). The van der Waals surface area contributed by atoms with Gasteiger partial charge in [-0.1, -0.05) is 30.3 Å². The van der Waals surface area contributed by atoms with Crippen molar-refractivity contribution in [2.45, 2.75) is 31.2 Å². The van der Waals surface area contributed by atoms with E-state index in [4.69, 9.17) is 0 Å². The third-order valence-electron chi connectivity index (χ3n) is 4.69. The summed E-state index contributed by atoms with van der Waals surface area (Å²) in [5.74, 6) is -0.0959. The number of carbonyl (C=O) groups excluding carboxylic acids is 1. The van der Waals surface area contributed by atoms with Crippen LogP contribution in [0.2, 0.25) is 0 Å². The molecular formula is C20H24N2O3S. The Hall–Kier alpha value is -2.18. The minimum absolute atomic E-state index is 0.0959. The summed E-state index contributed by atoms with van der Waals surface area (Å²) in [5.41, 5.74) is 1.57. The molecule has 2 aromatic rings. The fraction of sp³-hybridized carbons (Fsp3) is 0.350. The number of benzene rings is 2. The van der Waals surface area contributed by atoms with Crippen LogP contribution in [0, 0.1) is 0 Å². The third-order valence-corrected chi connectivity index (χ3v) is 6.60. The normalized spacial score (nSPS) is 15.1. The lowest BCUT2D eigenvalue weighted by Gasteiger charge is -2.21. The number of nitrogens with zero attached hydrogens (tertiary/aromatic N) is 2. The number of hydrogen-bond acceptors (Lipinski definition) is 3. The predicted octanol–water partition coefficient (Wildman–Crippen LogP) is 3.13. The molecule has 0 atom stereocenters. The smallest absolute Gasteiger partial charge is 0.254 e. The minimum Gasteiger partial charge on any atom is -0.335 e. The van der Waals surface area contributed by atoms with Gasteiger partial charge in [0.05, 0.1) is 4.90 Å². The first kappa shape index (κ1) is 18.6. The topological polar surface area (TPSA) is 57.7 Å². The Morgan fingerprint density at radius 3 is 2.19 bits per heavy atom. The molecule has 0 aliphatic carbocycles. The van der Waals surface area contributed by atoms with Crippen LogP contribution in [0.4, 0.5) is 0 Å². The second-order valence-electron chi connectivity index (χ2n) is 6.44. The van der Waals surface area contributed by atoms with Crippen LogP contribution in [-0.2, 0) is 16.6 Å². The summed E-state index contributed by atoms with van der Waals surface area (Å²) in [6, 6.07) is 16.1. The average molecular weight is 372 g/mol. The molecule has 1 heterocycles. The first-order chi connectivity index (χ1) is 12.5. The third kappa shape index (κ3) is 3.97. The molecule has 2 aromatic carbocycles. The zero-order chi connectivity index (χ0) is 18.6. The Kier molecular flexibility index (Phi) is 5.74. The Morgan fingerprint density at radius 1 is 1.00 bits per heavy atom. The first-order valence-corrected chi connectivity index (χ1v) is 10.4. The molecular weight excluding hydrogens is 348 g/mol. The largest absolute Gasteiger partial charge is 0.335 e. The molecule has 1 amide bonds. The van der Waals surface area contributed by atoms with Crippen LogP contribution >= 0.6 is 0 Å².